The van der Waals surface area contributed by atoms with Crippen molar-refractivity contribution in [2.45, 2.75) is 12.6 Å². The first-order chi connectivity index (χ1) is 6.77. The third-order valence-corrected chi connectivity index (χ3v) is 2.26. The number of aliphatic hydroxyl groups is 1. The molecule has 4 heteroatoms. The molecule has 4 nitrogen and oxygen atoms in total. The summed E-state index contributed by atoms with van der Waals surface area (Å²) in [5.74, 6) is 0. The van der Waals surface area contributed by atoms with Crippen LogP contribution in [0.2, 0.25) is 0 Å². The van der Waals surface area contributed by atoms with Crippen LogP contribution in [-0.2, 0) is 6.54 Å². The van der Waals surface area contributed by atoms with Crippen molar-refractivity contribution in [2.75, 3.05) is 20.2 Å². The van der Waals surface area contributed by atoms with Crippen molar-refractivity contribution in [2.24, 2.45) is 5.73 Å². The number of hydrogen-bond acceptors (Lipinski definition) is 4. The summed E-state index contributed by atoms with van der Waals surface area (Å²) in [6.45, 7) is 1.32. The number of aromatic nitrogens is 1. The number of aliphatic hydroxyl groups excluding tert-OH is 1. The summed E-state index contributed by atoms with van der Waals surface area (Å²) in [6, 6.07) is 3.93. The van der Waals surface area contributed by atoms with Crippen molar-refractivity contribution < 1.29 is 5.11 Å². The molecule has 0 spiro atoms. The van der Waals surface area contributed by atoms with Crippen molar-refractivity contribution >= 4 is 0 Å². The van der Waals surface area contributed by atoms with Crippen LogP contribution in [0.3, 0.4) is 0 Å². The van der Waals surface area contributed by atoms with Crippen molar-refractivity contribution in [1.29, 1.82) is 0 Å². The third-order valence-electron chi connectivity index (χ3n) is 2.26. The molecule has 0 saturated carbocycles. The molecule has 0 radical (unpaired) electrons. The minimum absolute atomic E-state index is 0.0233. The molecular weight excluding hydrogens is 178 g/mol. The Morgan fingerprint density at radius 3 is 2.93 bits per heavy atom. The number of nitrogens with two attached hydrogens (primary N) is 1. The minimum atomic E-state index is 0.0233. The fourth-order valence-electron chi connectivity index (χ4n) is 1.30. The average Bonchev–Trinajstić information content (AvgIpc) is 2.21. The lowest BCUT2D eigenvalue weighted by atomic mass is 10.2. The zero-order valence-corrected chi connectivity index (χ0v) is 8.43. The molecule has 0 fully saturated rings. The van der Waals surface area contributed by atoms with Gasteiger partial charge in [0.1, 0.15) is 0 Å². The van der Waals surface area contributed by atoms with Crippen LogP contribution in [-0.4, -0.2) is 41.2 Å². The molecule has 1 aromatic heterocycles. The van der Waals surface area contributed by atoms with E-state index in [9.17, 15) is 0 Å². The molecule has 78 valence electrons. The third kappa shape index (κ3) is 3.06. The smallest absolute Gasteiger partial charge is 0.0599 e. The summed E-state index contributed by atoms with van der Waals surface area (Å²) in [7, 11) is 1.95. The van der Waals surface area contributed by atoms with Crippen LogP contribution in [0.15, 0.2) is 24.5 Å². The molecule has 0 amide bonds. The Labute approximate surface area is 84.4 Å². The van der Waals surface area contributed by atoms with Crippen LogP contribution in [0.25, 0.3) is 0 Å². The van der Waals surface area contributed by atoms with E-state index in [4.69, 9.17) is 10.8 Å². The summed E-state index contributed by atoms with van der Waals surface area (Å²) in [6.07, 6.45) is 3.57. The first kappa shape index (κ1) is 11.1. The zero-order valence-electron chi connectivity index (χ0n) is 8.43. The van der Waals surface area contributed by atoms with E-state index in [0.29, 0.717) is 6.54 Å². The second-order valence-electron chi connectivity index (χ2n) is 3.35. The molecule has 14 heavy (non-hydrogen) atoms. The van der Waals surface area contributed by atoms with Gasteiger partial charge in [-0.25, -0.2) is 0 Å². The molecule has 1 aromatic rings. The van der Waals surface area contributed by atoms with Crippen molar-refractivity contribution in [1.82, 2.24) is 9.88 Å². The fraction of sp³-hybridized carbons (Fsp3) is 0.500. The van der Waals surface area contributed by atoms with Crippen molar-refractivity contribution in [3.63, 3.8) is 0 Å². The molecule has 1 unspecified atom stereocenters. The van der Waals surface area contributed by atoms with E-state index in [-0.39, 0.29) is 12.6 Å². The van der Waals surface area contributed by atoms with Gasteiger partial charge >= 0.3 is 0 Å². The lowest BCUT2D eigenvalue weighted by Crippen LogP contribution is -2.40. The second-order valence-corrected chi connectivity index (χ2v) is 3.35. The lowest BCUT2D eigenvalue weighted by molar-refractivity contribution is 0.146. The molecule has 0 aromatic carbocycles. The van der Waals surface area contributed by atoms with E-state index in [2.05, 4.69) is 4.98 Å². The highest BCUT2D eigenvalue weighted by Gasteiger charge is 2.11. The van der Waals surface area contributed by atoms with Gasteiger partial charge in [0.2, 0.25) is 0 Å². The Hall–Kier alpha value is -0.970. The number of likely N-dealkylation sites (N-methyl/N-ethyl adjacent to an activating group) is 1. The van der Waals surface area contributed by atoms with Gasteiger partial charge in [0.05, 0.1) is 6.61 Å². The molecule has 0 aliphatic carbocycles. The van der Waals surface area contributed by atoms with Crippen molar-refractivity contribution in [3.8, 4) is 0 Å². The highest BCUT2D eigenvalue weighted by atomic mass is 16.3. The monoisotopic (exact) mass is 195 g/mol. The highest BCUT2D eigenvalue weighted by Crippen LogP contribution is 2.03. The van der Waals surface area contributed by atoms with Gasteiger partial charge in [-0.15, -0.1) is 0 Å². The van der Waals surface area contributed by atoms with Crippen molar-refractivity contribution in [3.05, 3.63) is 30.1 Å². The fourth-order valence-corrected chi connectivity index (χ4v) is 1.30. The predicted molar refractivity (Wildman–Crippen MR) is 55.6 cm³/mol. The summed E-state index contributed by atoms with van der Waals surface area (Å²) < 4.78 is 0. The number of hydrogen-bond donors (Lipinski definition) is 2. The normalized spacial score (nSPS) is 13.1. The van der Waals surface area contributed by atoms with E-state index in [1.807, 2.05) is 30.3 Å². The Bertz CT molecular complexity index is 249. The SMILES string of the molecule is CN(Cc1cccnc1)C(CN)CO. The summed E-state index contributed by atoms with van der Waals surface area (Å²) in [5, 5.41) is 9.04. The Balaban J connectivity index is 2.52. The van der Waals surface area contributed by atoms with Crippen LogP contribution in [0, 0.1) is 0 Å². The molecular formula is C10H17N3O. The van der Waals surface area contributed by atoms with Crippen LogP contribution in [0.5, 0.6) is 0 Å². The van der Waals surface area contributed by atoms with E-state index in [1.54, 1.807) is 6.20 Å². The quantitative estimate of drug-likeness (QED) is 0.685. The van der Waals surface area contributed by atoms with Crippen LogP contribution < -0.4 is 5.73 Å². The van der Waals surface area contributed by atoms with E-state index in [0.717, 1.165) is 12.1 Å². The van der Waals surface area contributed by atoms with Gasteiger partial charge in [0, 0.05) is 31.5 Å². The second kappa shape index (κ2) is 5.70. The summed E-state index contributed by atoms with van der Waals surface area (Å²) in [5.41, 5.74) is 6.65. The average molecular weight is 195 g/mol. The van der Waals surface area contributed by atoms with Gasteiger partial charge in [-0.3, -0.25) is 9.88 Å². The number of pyridine rings is 1. The largest absolute Gasteiger partial charge is 0.395 e. The van der Waals surface area contributed by atoms with Crippen LogP contribution in [0.4, 0.5) is 0 Å². The van der Waals surface area contributed by atoms with Gasteiger partial charge in [0.15, 0.2) is 0 Å². The molecule has 0 aliphatic heterocycles. The van der Waals surface area contributed by atoms with Gasteiger partial charge in [-0.2, -0.15) is 0 Å². The molecule has 1 rings (SSSR count). The Morgan fingerprint density at radius 2 is 2.43 bits per heavy atom. The topological polar surface area (TPSA) is 62.4 Å². The van der Waals surface area contributed by atoms with Gasteiger partial charge in [-0.1, -0.05) is 6.07 Å². The molecule has 0 bridgehead atoms. The maximum Gasteiger partial charge on any atom is 0.0599 e. The lowest BCUT2D eigenvalue weighted by Gasteiger charge is -2.24. The minimum Gasteiger partial charge on any atom is -0.395 e. The highest BCUT2D eigenvalue weighted by molar-refractivity contribution is 5.08. The van der Waals surface area contributed by atoms with Gasteiger partial charge in [-0.05, 0) is 18.7 Å². The summed E-state index contributed by atoms with van der Waals surface area (Å²) in [4.78, 5) is 6.05. The Morgan fingerprint density at radius 1 is 1.64 bits per heavy atom. The first-order valence-corrected chi connectivity index (χ1v) is 4.68. The standard InChI is InChI=1S/C10H17N3O/c1-13(10(5-11)8-14)7-9-3-2-4-12-6-9/h2-4,6,10,14H,5,7-8,11H2,1H3. The molecule has 3 N–H and O–H groups in total. The Kier molecular flexibility index (Phi) is 4.52. The van der Waals surface area contributed by atoms with Crippen LogP contribution in [0.1, 0.15) is 5.56 Å². The molecule has 0 saturated heterocycles. The van der Waals surface area contributed by atoms with Gasteiger partial charge < -0.3 is 10.8 Å². The predicted octanol–water partition coefficient (Wildman–Crippen LogP) is -0.167. The van der Waals surface area contributed by atoms with Crippen LogP contribution >= 0.6 is 0 Å². The van der Waals surface area contributed by atoms with E-state index in [1.165, 1.54) is 0 Å². The van der Waals surface area contributed by atoms with E-state index < -0.39 is 0 Å². The molecule has 0 aliphatic rings. The zero-order chi connectivity index (χ0) is 10.4. The maximum atomic E-state index is 9.04. The van der Waals surface area contributed by atoms with Gasteiger partial charge in [0.25, 0.3) is 0 Å². The maximum absolute atomic E-state index is 9.04. The number of nitrogens with zero attached hydrogens (tertiary/aromatic N) is 2. The number of rotatable bonds is 5. The summed E-state index contributed by atoms with van der Waals surface area (Å²) >= 11 is 0. The van der Waals surface area contributed by atoms with E-state index >= 15 is 0 Å². The first-order valence-electron chi connectivity index (χ1n) is 4.68. The molecule has 1 atom stereocenters. The molecule has 1 heterocycles.